The largest absolute Gasteiger partial charge is 0.416 e. The molecule has 3 aromatic heterocycles. The minimum atomic E-state index is -4.46. The summed E-state index contributed by atoms with van der Waals surface area (Å²) in [5.74, 6) is -0.0504. The number of alkyl halides is 3. The second kappa shape index (κ2) is 11.1. The number of halogens is 3. The summed E-state index contributed by atoms with van der Waals surface area (Å²) in [6.07, 6.45) is -3.62. The molecule has 0 spiro atoms. The van der Waals surface area contributed by atoms with E-state index in [1.54, 1.807) is 60.5 Å². The second-order valence-electron chi connectivity index (χ2n) is 9.73. The van der Waals surface area contributed by atoms with E-state index in [9.17, 15) is 26.4 Å². The Bertz CT molecular complexity index is 1730. The van der Waals surface area contributed by atoms with Crippen LogP contribution in [0.15, 0.2) is 65.7 Å². The van der Waals surface area contributed by atoms with Gasteiger partial charge < -0.3 is 15.0 Å². The number of sulfone groups is 1. The lowest BCUT2D eigenvalue weighted by Crippen LogP contribution is -2.49. The summed E-state index contributed by atoms with van der Waals surface area (Å²) in [7, 11) is -3.48. The zero-order chi connectivity index (χ0) is 29.4. The molecule has 0 aliphatic carbocycles. The molecule has 41 heavy (non-hydrogen) atoms. The fourth-order valence-electron chi connectivity index (χ4n) is 4.51. The van der Waals surface area contributed by atoms with E-state index in [2.05, 4.69) is 20.3 Å². The van der Waals surface area contributed by atoms with Crippen LogP contribution in [-0.2, 0) is 21.1 Å². The summed E-state index contributed by atoms with van der Waals surface area (Å²) in [4.78, 5) is 28.0. The third-order valence-electron chi connectivity index (χ3n) is 6.66. The average Bonchev–Trinajstić information content (AvgIpc) is 2.95. The van der Waals surface area contributed by atoms with E-state index in [-0.39, 0.29) is 36.7 Å². The molecule has 1 unspecified atom stereocenters. The van der Waals surface area contributed by atoms with Gasteiger partial charge in [-0.05, 0) is 55.0 Å². The van der Waals surface area contributed by atoms with Crippen LogP contribution in [0.2, 0.25) is 0 Å². The number of hydrogen-bond acceptors (Lipinski definition) is 8. The van der Waals surface area contributed by atoms with Crippen LogP contribution in [0.3, 0.4) is 0 Å². The number of nitrogens with zero attached hydrogens (tertiary/aromatic N) is 4. The normalized spacial score (nSPS) is 16.1. The fourth-order valence-corrected chi connectivity index (χ4v) is 5.50. The van der Waals surface area contributed by atoms with Crippen molar-refractivity contribution >= 4 is 32.5 Å². The van der Waals surface area contributed by atoms with Crippen molar-refractivity contribution in [3.8, 4) is 11.4 Å². The first-order valence-electron chi connectivity index (χ1n) is 12.6. The van der Waals surface area contributed by atoms with E-state index in [4.69, 9.17) is 4.74 Å². The Balaban J connectivity index is 1.33. The summed E-state index contributed by atoms with van der Waals surface area (Å²) < 4.78 is 68.5. The molecule has 1 aromatic carbocycles. The first-order chi connectivity index (χ1) is 19.4. The van der Waals surface area contributed by atoms with E-state index in [1.807, 2.05) is 6.07 Å². The van der Waals surface area contributed by atoms with Crippen molar-refractivity contribution < 1.29 is 31.1 Å². The number of carbonyl (C=O) groups excluding carboxylic acids is 1. The molecule has 1 atom stereocenters. The monoisotopic (exact) mass is 585 g/mol. The predicted molar refractivity (Wildman–Crippen MR) is 146 cm³/mol. The van der Waals surface area contributed by atoms with Gasteiger partial charge in [-0.2, -0.15) is 13.2 Å². The van der Waals surface area contributed by atoms with Gasteiger partial charge in [0.2, 0.25) is 0 Å². The SMILES string of the molecule is Cc1ccc(C(=O)NCc2cc3nc(-c4cccc(N5CCOC(C(F)(F)F)C5)n4)ccc3cn2)cc1S(C)(=O)=O. The molecular formula is C28H26F3N5O4S. The van der Waals surface area contributed by atoms with Crippen LogP contribution in [0, 0.1) is 6.92 Å². The van der Waals surface area contributed by atoms with Crippen molar-refractivity contribution in [3.05, 3.63) is 77.6 Å². The van der Waals surface area contributed by atoms with Crippen LogP contribution in [0.25, 0.3) is 22.3 Å². The fraction of sp³-hybridized carbons (Fsp3) is 0.286. The number of carbonyl (C=O) groups is 1. The first kappa shape index (κ1) is 28.4. The van der Waals surface area contributed by atoms with Crippen molar-refractivity contribution in [1.82, 2.24) is 20.3 Å². The number of nitrogens with one attached hydrogen (secondary N) is 1. The van der Waals surface area contributed by atoms with Crippen molar-refractivity contribution in [2.24, 2.45) is 0 Å². The van der Waals surface area contributed by atoms with Gasteiger partial charge in [0.25, 0.3) is 5.91 Å². The third-order valence-corrected chi connectivity index (χ3v) is 7.90. The maximum absolute atomic E-state index is 13.2. The summed E-state index contributed by atoms with van der Waals surface area (Å²) in [5, 5.41) is 3.50. The molecular weight excluding hydrogens is 559 g/mol. The van der Waals surface area contributed by atoms with E-state index in [0.29, 0.717) is 34.0 Å². The number of morpholine rings is 1. The number of ether oxygens (including phenoxy) is 1. The summed E-state index contributed by atoms with van der Waals surface area (Å²) in [6, 6.07) is 14.9. The Morgan fingerprint density at radius 3 is 2.63 bits per heavy atom. The Labute approximate surface area is 234 Å². The van der Waals surface area contributed by atoms with Crippen molar-refractivity contribution in [2.75, 3.05) is 30.9 Å². The van der Waals surface area contributed by atoms with Crippen molar-refractivity contribution in [3.63, 3.8) is 0 Å². The number of aromatic nitrogens is 3. The number of aryl methyl sites for hydroxylation is 1. The van der Waals surface area contributed by atoms with Crippen molar-refractivity contribution in [1.29, 1.82) is 0 Å². The van der Waals surface area contributed by atoms with Crippen LogP contribution < -0.4 is 10.2 Å². The van der Waals surface area contributed by atoms with Crippen LogP contribution in [0.4, 0.5) is 19.0 Å². The van der Waals surface area contributed by atoms with Gasteiger partial charge in [-0.3, -0.25) is 9.78 Å². The molecule has 1 saturated heterocycles. The highest BCUT2D eigenvalue weighted by atomic mass is 32.2. The highest BCUT2D eigenvalue weighted by Crippen LogP contribution is 2.29. The number of rotatable bonds is 6. The minimum Gasteiger partial charge on any atom is -0.365 e. The molecule has 1 aliphatic rings. The molecule has 1 fully saturated rings. The lowest BCUT2D eigenvalue weighted by molar-refractivity contribution is -0.221. The smallest absolute Gasteiger partial charge is 0.365 e. The molecule has 0 bridgehead atoms. The molecule has 1 amide bonds. The Hall–Kier alpha value is -4.10. The van der Waals surface area contributed by atoms with Crippen LogP contribution in [0.1, 0.15) is 21.6 Å². The summed E-state index contributed by atoms with van der Waals surface area (Å²) in [5.41, 5.74) is 2.90. The highest BCUT2D eigenvalue weighted by molar-refractivity contribution is 7.90. The van der Waals surface area contributed by atoms with Crippen LogP contribution in [-0.4, -0.2) is 67.5 Å². The first-order valence-corrected chi connectivity index (χ1v) is 14.5. The van der Waals surface area contributed by atoms with Crippen LogP contribution >= 0.6 is 0 Å². The molecule has 13 heteroatoms. The van der Waals surface area contributed by atoms with Gasteiger partial charge in [-0.15, -0.1) is 0 Å². The maximum Gasteiger partial charge on any atom is 0.416 e. The van der Waals surface area contributed by atoms with Gasteiger partial charge in [0.05, 0.1) is 47.2 Å². The van der Waals surface area contributed by atoms with Gasteiger partial charge in [-0.1, -0.05) is 12.1 Å². The molecule has 4 aromatic rings. The Kier molecular flexibility index (Phi) is 7.66. The van der Waals surface area contributed by atoms with Crippen molar-refractivity contribution in [2.45, 2.75) is 30.6 Å². The summed E-state index contributed by atoms with van der Waals surface area (Å²) >= 11 is 0. The van der Waals surface area contributed by atoms with Gasteiger partial charge >= 0.3 is 6.18 Å². The Morgan fingerprint density at radius 2 is 1.88 bits per heavy atom. The average molecular weight is 586 g/mol. The highest BCUT2D eigenvalue weighted by Gasteiger charge is 2.43. The number of fused-ring (bicyclic) bond motifs is 1. The summed E-state index contributed by atoms with van der Waals surface area (Å²) in [6.45, 7) is 1.63. The van der Waals surface area contributed by atoms with E-state index < -0.39 is 28.0 Å². The lowest BCUT2D eigenvalue weighted by atomic mass is 10.1. The zero-order valence-corrected chi connectivity index (χ0v) is 23.0. The molecule has 214 valence electrons. The lowest BCUT2D eigenvalue weighted by Gasteiger charge is -2.34. The number of pyridine rings is 3. The van der Waals surface area contributed by atoms with Gasteiger partial charge in [0.15, 0.2) is 15.9 Å². The maximum atomic E-state index is 13.2. The molecule has 5 rings (SSSR count). The Morgan fingerprint density at radius 1 is 1.10 bits per heavy atom. The van der Waals surface area contributed by atoms with E-state index in [1.165, 1.54) is 6.07 Å². The second-order valence-corrected chi connectivity index (χ2v) is 11.7. The molecule has 4 heterocycles. The molecule has 9 nitrogen and oxygen atoms in total. The topological polar surface area (TPSA) is 114 Å². The standard InChI is InChI=1S/C28H26F3N5O4S/c1-17-6-7-18(12-24(17)41(2,38)39)27(37)33-15-20-13-23-19(14-32-20)8-9-22(34-23)21-4-3-5-26(35-21)36-10-11-40-25(16-36)28(29,30)31/h3-9,12-14,25H,10-11,15-16H2,1-2H3,(H,33,37). The zero-order valence-electron chi connectivity index (χ0n) is 22.1. The third kappa shape index (κ3) is 6.46. The van der Waals surface area contributed by atoms with Gasteiger partial charge in [0.1, 0.15) is 5.82 Å². The van der Waals surface area contributed by atoms with Gasteiger partial charge in [0, 0.05) is 29.9 Å². The number of benzene rings is 1. The molecule has 1 N–H and O–H groups in total. The van der Waals surface area contributed by atoms with Crippen LogP contribution in [0.5, 0.6) is 0 Å². The quantitative estimate of drug-likeness (QED) is 0.360. The number of amides is 1. The minimum absolute atomic E-state index is 0.0561. The number of anilines is 1. The van der Waals surface area contributed by atoms with E-state index >= 15 is 0 Å². The van der Waals surface area contributed by atoms with Gasteiger partial charge in [-0.25, -0.2) is 18.4 Å². The molecule has 1 aliphatic heterocycles. The molecule has 0 radical (unpaired) electrons. The number of hydrogen-bond donors (Lipinski definition) is 1. The molecule has 0 saturated carbocycles. The predicted octanol–water partition coefficient (Wildman–Crippen LogP) is 4.10. The van der Waals surface area contributed by atoms with E-state index in [0.717, 1.165) is 11.6 Å².